The fourth-order valence-corrected chi connectivity index (χ4v) is 10.6. The van der Waals surface area contributed by atoms with Gasteiger partial charge in [0.2, 0.25) is 12.4 Å². The van der Waals surface area contributed by atoms with E-state index in [0.29, 0.717) is 88.3 Å². The van der Waals surface area contributed by atoms with E-state index in [1.165, 1.54) is 12.0 Å². The number of oxime groups is 1. The highest BCUT2D eigenvalue weighted by atomic mass is 16.6. The first-order valence-corrected chi connectivity index (χ1v) is 25.3. The molecule has 1 amide bonds. The molecule has 0 aromatic carbocycles. The molecule has 390 valence electrons. The van der Waals surface area contributed by atoms with Gasteiger partial charge in [0, 0.05) is 46.1 Å². The van der Waals surface area contributed by atoms with Gasteiger partial charge in [-0.25, -0.2) is 9.59 Å². The van der Waals surface area contributed by atoms with Crippen molar-refractivity contribution in [1.82, 2.24) is 4.90 Å². The van der Waals surface area contributed by atoms with Gasteiger partial charge >= 0.3 is 11.9 Å². The highest BCUT2D eigenvalue weighted by molar-refractivity contribution is 6.39. The van der Waals surface area contributed by atoms with E-state index in [1.54, 1.807) is 28.1 Å². The van der Waals surface area contributed by atoms with E-state index >= 15 is 0 Å². The third kappa shape index (κ3) is 16.4. The van der Waals surface area contributed by atoms with Crippen molar-refractivity contribution in [1.29, 1.82) is 0 Å². The smallest absolute Gasteiger partial charge is 0.344 e. The van der Waals surface area contributed by atoms with Gasteiger partial charge in [-0.05, 0) is 126 Å². The van der Waals surface area contributed by atoms with E-state index in [1.807, 2.05) is 71.1 Å². The second-order valence-corrected chi connectivity index (χ2v) is 20.5. The van der Waals surface area contributed by atoms with Crippen LogP contribution in [0.4, 0.5) is 0 Å². The molecular weight excluding hydrogens is 889 g/mol. The number of rotatable bonds is 9. The van der Waals surface area contributed by atoms with Crippen molar-refractivity contribution in [2.24, 2.45) is 40.7 Å². The van der Waals surface area contributed by atoms with Crippen molar-refractivity contribution in [3.05, 3.63) is 47.6 Å². The number of amides is 1. The SMILES string of the molecule is CO[C@H]1C[C@@H]2CC[C@@H](C)[C@@](O)(O2)C(=O)C(=O)N2CCCC[C@H]2C(=O)O[C@H]([C@H](C)C[C@@H]2CC[C@@H](O)[C@H](OC)C2)CC[C@H](C)/C=C(\C)[C@@H](O)[C@@H](OC)/C(=N\OCC(=O)O)[C@H](C)C[C@H](C)/C=C/C=C/C=C/1C. The molecule has 3 heterocycles. The number of ether oxygens (including phenoxy) is 5. The molecule has 1 saturated carbocycles. The molecule has 0 aromatic heterocycles. The number of cyclic esters (lactones) is 1. The number of fused-ring (bicyclic) bond motifs is 3. The predicted molar refractivity (Wildman–Crippen MR) is 261 cm³/mol. The summed E-state index contributed by atoms with van der Waals surface area (Å²) in [4.78, 5) is 60.9. The number of carbonyl (C=O) groups excluding carboxylic acids is 3. The van der Waals surface area contributed by atoms with Crippen LogP contribution in [0.1, 0.15) is 132 Å². The fourth-order valence-electron chi connectivity index (χ4n) is 10.6. The molecule has 0 radical (unpaired) electrons. The molecule has 4 aliphatic rings. The maximum atomic E-state index is 14.5. The zero-order valence-electron chi connectivity index (χ0n) is 42.9. The predicted octanol–water partition coefficient (Wildman–Crippen LogP) is 6.89. The number of carbonyl (C=O) groups is 4. The summed E-state index contributed by atoms with van der Waals surface area (Å²) < 4.78 is 30.0. The number of ketones is 1. The van der Waals surface area contributed by atoms with Crippen LogP contribution in [-0.4, -0.2) is 144 Å². The minimum Gasteiger partial charge on any atom is -0.479 e. The van der Waals surface area contributed by atoms with E-state index in [4.69, 9.17) is 28.5 Å². The Labute approximate surface area is 410 Å². The van der Waals surface area contributed by atoms with Gasteiger partial charge in [-0.1, -0.05) is 76.2 Å². The van der Waals surface area contributed by atoms with Gasteiger partial charge in [0.25, 0.3) is 11.7 Å². The number of aliphatic hydroxyl groups is 3. The van der Waals surface area contributed by atoms with Crippen LogP contribution < -0.4 is 0 Å². The summed E-state index contributed by atoms with van der Waals surface area (Å²) >= 11 is 0. The Morgan fingerprint density at radius 1 is 0.870 bits per heavy atom. The molecule has 4 rings (SSSR count). The molecular formula is C53H84N2O14. The summed E-state index contributed by atoms with van der Waals surface area (Å²) in [6.07, 6.45) is 14.2. The topological polar surface area (TPSA) is 220 Å². The maximum Gasteiger partial charge on any atom is 0.344 e. The number of aliphatic carboxylic acids is 1. The van der Waals surface area contributed by atoms with Crippen LogP contribution in [0.25, 0.3) is 0 Å². The first kappa shape index (κ1) is 57.8. The Balaban J connectivity index is 1.72. The summed E-state index contributed by atoms with van der Waals surface area (Å²) in [5, 5.41) is 47.9. The summed E-state index contributed by atoms with van der Waals surface area (Å²) in [5.41, 5.74) is 1.85. The zero-order valence-corrected chi connectivity index (χ0v) is 42.9. The van der Waals surface area contributed by atoms with E-state index in [0.717, 1.165) is 12.0 Å². The van der Waals surface area contributed by atoms with Crippen LogP contribution in [0.5, 0.6) is 0 Å². The number of allylic oxidation sites excluding steroid dienone is 6. The Kier molecular flexibility index (Phi) is 23.2. The lowest BCUT2D eigenvalue weighted by Crippen LogP contribution is -2.61. The highest BCUT2D eigenvalue weighted by Gasteiger charge is 2.53. The van der Waals surface area contributed by atoms with Crippen molar-refractivity contribution in [3.8, 4) is 0 Å². The Morgan fingerprint density at radius 3 is 2.29 bits per heavy atom. The molecule has 3 fully saturated rings. The van der Waals surface area contributed by atoms with Gasteiger partial charge in [-0.3, -0.25) is 9.59 Å². The second kappa shape index (κ2) is 27.7. The third-order valence-corrected chi connectivity index (χ3v) is 14.9. The van der Waals surface area contributed by atoms with E-state index in [-0.39, 0.29) is 42.2 Å². The van der Waals surface area contributed by atoms with Gasteiger partial charge < -0.3 is 53.8 Å². The van der Waals surface area contributed by atoms with E-state index in [2.05, 4.69) is 5.16 Å². The summed E-state index contributed by atoms with van der Waals surface area (Å²) in [5.74, 6) is -7.25. The molecule has 16 nitrogen and oxygen atoms in total. The van der Waals surface area contributed by atoms with Crippen molar-refractivity contribution < 1.29 is 68.1 Å². The summed E-state index contributed by atoms with van der Waals surface area (Å²) in [6, 6.07) is -1.04. The lowest BCUT2D eigenvalue weighted by molar-refractivity contribution is -0.265. The second-order valence-electron chi connectivity index (χ2n) is 20.5. The Hall–Kier alpha value is -3.77. The molecule has 3 aliphatic heterocycles. The minimum absolute atomic E-state index is 0.0314. The van der Waals surface area contributed by atoms with Crippen LogP contribution in [0.3, 0.4) is 0 Å². The van der Waals surface area contributed by atoms with Crippen molar-refractivity contribution >= 4 is 29.3 Å². The Bertz CT molecular complexity index is 1850. The number of nitrogens with zero attached hydrogens (tertiary/aromatic N) is 2. The third-order valence-electron chi connectivity index (χ3n) is 14.9. The van der Waals surface area contributed by atoms with Gasteiger partial charge in [0.1, 0.15) is 24.4 Å². The summed E-state index contributed by atoms with van der Waals surface area (Å²) in [7, 11) is 4.65. The Morgan fingerprint density at radius 2 is 1.61 bits per heavy atom. The lowest BCUT2D eigenvalue weighted by Gasteiger charge is -2.42. The number of methoxy groups -OCH3 is 3. The standard InChI is InChI=1S/C53H84N2O14/c1-32-16-12-11-13-17-34(3)44(64-8)30-40-22-20-38(7)53(63,69-40)50(60)51(61)55-25-15-14-18-41(55)52(62)68-43(35(4)28-39-21-23-42(56)45(29-39)65-9)24-19-33(2)27-37(6)48(59)49(66-10)47(36(5)26-32)54-67-31-46(57)58/h11-13,16-17,27,32-33,35-36,38-45,48-49,56,59,63H,14-15,18-26,28-31H2,1-10H3,(H,57,58)/b13-11+,16-12+,34-17+,37-27+,54-47-/t32-,33+,35-,36-,38-,39+,40+,41+,42-,43+,44+,45-,48-,49+,53-/m1/s1. The molecule has 0 unspecified atom stereocenters. The fraction of sp³-hybridized carbons (Fsp3) is 0.755. The van der Waals surface area contributed by atoms with E-state index < -0.39 is 84.6 Å². The number of esters is 1. The minimum atomic E-state index is -2.40. The number of hydrogen-bond acceptors (Lipinski definition) is 14. The maximum absolute atomic E-state index is 14.5. The van der Waals surface area contributed by atoms with Gasteiger partial charge in [0.05, 0.1) is 30.1 Å². The molecule has 4 N–H and O–H groups in total. The first-order valence-electron chi connectivity index (χ1n) is 25.3. The number of Topliss-reactive ketones (excluding diaryl/α,β-unsaturated/α-hetero) is 1. The normalized spacial score (nSPS) is 39.2. The quantitative estimate of drug-likeness (QED) is 0.0801. The first-order chi connectivity index (χ1) is 32.7. The molecule has 69 heavy (non-hydrogen) atoms. The number of aliphatic hydroxyl groups excluding tert-OH is 2. The van der Waals surface area contributed by atoms with Crippen LogP contribution in [0.2, 0.25) is 0 Å². The highest BCUT2D eigenvalue weighted by Crippen LogP contribution is 2.38. The van der Waals surface area contributed by atoms with Gasteiger partial charge in [-0.2, -0.15) is 0 Å². The van der Waals surface area contributed by atoms with Crippen molar-refractivity contribution in [3.63, 3.8) is 0 Å². The average molecular weight is 973 g/mol. The largest absolute Gasteiger partial charge is 0.479 e. The summed E-state index contributed by atoms with van der Waals surface area (Å²) in [6.45, 7) is 12.9. The molecule has 2 saturated heterocycles. The molecule has 16 heteroatoms. The molecule has 0 aromatic rings. The monoisotopic (exact) mass is 973 g/mol. The molecule has 2 bridgehead atoms. The van der Waals surface area contributed by atoms with Crippen molar-refractivity contribution in [2.75, 3.05) is 34.5 Å². The van der Waals surface area contributed by atoms with Crippen LogP contribution >= 0.6 is 0 Å². The number of carboxylic acid groups (broad SMARTS) is 1. The van der Waals surface area contributed by atoms with Crippen molar-refractivity contribution in [2.45, 2.75) is 186 Å². The van der Waals surface area contributed by atoms with Gasteiger partial charge in [0.15, 0.2) is 0 Å². The van der Waals surface area contributed by atoms with Gasteiger partial charge in [-0.15, -0.1) is 0 Å². The average Bonchev–Trinajstić information content (AvgIpc) is 3.32. The van der Waals surface area contributed by atoms with E-state index in [9.17, 15) is 39.6 Å². The lowest BCUT2D eigenvalue weighted by atomic mass is 9.78. The van der Waals surface area contributed by atoms with Crippen LogP contribution in [0, 0.1) is 35.5 Å². The van der Waals surface area contributed by atoms with Crippen LogP contribution in [-0.2, 0) is 47.7 Å². The number of piperidine rings is 1. The number of carboxylic acids is 1. The molecule has 15 atom stereocenters. The number of hydrogen-bond donors (Lipinski definition) is 4. The zero-order chi connectivity index (χ0) is 51.0. The molecule has 1 aliphatic carbocycles. The molecule has 0 spiro atoms. The van der Waals surface area contributed by atoms with Crippen LogP contribution in [0.15, 0.2) is 52.8 Å².